The van der Waals surface area contributed by atoms with Crippen LogP contribution in [-0.4, -0.2) is 9.36 Å². The fourth-order valence-corrected chi connectivity index (χ4v) is 3.07. The number of benzene rings is 2. The summed E-state index contributed by atoms with van der Waals surface area (Å²) < 4.78 is 4.42. The Kier molecular flexibility index (Phi) is 2.89. The first-order valence-corrected chi connectivity index (χ1v) is 7.71. The van der Waals surface area contributed by atoms with Gasteiger partial charge in [-0.05, 0) is 29.2 Å². The second-order valence-electron chi connectivity index (χ2n) is 5.22. The zero-order chi connectivity index (χ0) is 13.4. The van der Waals surface area contributed by atoms with Crippen LogP contribution in [0.3, 0.4) is 0 Å². The van der Waals surface area contributed by atoms with Gasteiger partial charge in [-0.3, -0.25) is 0 Å². The van der Waals surface area contributed by atoms with Gasteiger partial charge < -0.3 is 5.32 Å². The fraction of sp³-hybridized carbons (Fsp3) is 0.250. The number of anilines is 1. The summed E-state index contributed by atoms with van der Waals surface area (Å²) >= 11 is 1.47. The van der Waals surface area contributed by atoms with Crippen LogP contribution >= 0.6 is 11.5 Å². The molecule has 1 aliphatic rings. The third kappa shape index (κ3) is 2.27. The third-order valence-corrected chi connectivity index (χ3v) is 4.38. The zero-order valence-electron chi connectivity index (χ0n) is 11.0. The summed E-state index contributed by atoms with van der Waals surface area (Å²) in [6.45, 7) is 0.792. The maximum absolute atomic E-state index is 4.56. The maximum atomic E-state index is 4.56. The van der Waals surface area contributed by atoms with Gasteiger partial charge in [-0.2, -0.15) is 4.37 Å². The normalized spacial score (nSPS) is 14.6. The minimum atomic E-state index is 0.624. The Balaban J connectivity index is 1.54. The Morgan fingerprint density at radius 1 is 1.10 bits per heavy atom. The number of hydrogen-bond acceptors (Lipinski definition) is 4. The lowest BCUT2D eigenvalue weighted by molar-refractivity contribution is 0.980. The van der Waals surface area contributed by atoms with Crippen molar-refractivity contribution in [3.8, 4) is 0 Å². The summed E-state index contributed by atoms with van der Waals surface area (Å²) in [7, 11) is 0. The van der Waals surface area contributed by atoms with E-state index in [-0.39, 0.29) is 0 Å². The summed E-state index contributed by atoms with van der Waals surface area (Å²) in [5, 5.41) is 6.91. The topological polar surface area (TPSA) is 37.8 Å². The van der Waals surface area contributed by atoms with E-state index in [1.807, 2.05) is 0 Å². The Bertz CT molecular complexity index is 741. The summed E-state index contributed by atoms with van der Waals surface area (Å²) in [4.78, 5) is 4.56. The molecule has 0 unspecified atom stereocenters. The molecule has 3 nitrogen and oxygen atoms in total. The van der Waals surface area contributed by atoms with Crippen molar-refractivity contribution in [1.29, 1.82) is 0 Å². The molecule has 2 aromatic carbocycles. The van der Waals surface area contributed by atoms with Gasteiger partial charge in [-0.15, -0.1) is 0 Å². The summed E-state index contributed by atoms with van der Waals surface area (Å²) in [5.74, 6) is 1.65. The smallest absolute Gasteiger partial charge is 0.202 e. The molecule has 1 heterocycles. The molecular formula is C16H15N3S. The van der Waals surface area contributed by atoms with Crippen molar-refractivity contribution in [3.05, 3.63) is 53.9 Å². The quantitative estimate of drug-likeness (QED) is 0.779. The third-order valence-electron chi connectivity index (χ3n) is 3.69. The molecule has 0 bridgehead atoms. The van der Waals surface area contributed by atoms with Crippen LogP contribution in [0.1, 0.15) is 30.1 Å². The maximum Gasteiger partial charge on any atom is 0.202 e. The highest BCUT2D eigenvalue weighted by molar-refractivity contribution is 7.09. The Hall–Kier alpha value is -1.94. The van der Waals surface area contributed by atoms with Crippen molar-refractivity contribution in [2.24, 2.45) is 0 Å². The van der Waals surface area contributed by atoms with E-state index in [0.29, 0.717) is 5.92 Å². The molecule has 20 heavy (non-hydrogen) atoms. The van der Waals surface area contributed by atoms with Gasteiger partial charge >= 0.3 is 0 Å². The molecule has 4 heteroatoms. The molecule has 0 atom stereocenters. The molecule has 3 aromatic rings. The van der Waals surface area contributed by atoms with E-state index in [0.717, 1.165) is 17.5 Å². The van der Waals surface area contributed by atoms with Gasteiger partial charge in [0.1, 0.15) is 5.82 Å². The van der Waals surface area contributed by atoms with Crippen molar-refractivity contribution in [2.75, 3.05) is 5.32 Å². The number of nitrogens with zero attached hydrogens (tertiary/aromatic N) is 2. The second-order valence-corrected chi connectivity index (χ2v) is 5.98. The van der Waals surface area contributed by atoms with Crippen LogP contribution in [0.5, 0.6) is 0 Å². The van der Waals surface area contributed by atoms with Crippen LogP contribution < -0.4 is 5.32 Å². The van der Waals surface area contributed by atoms with E-state index >= 15 is 0 Å². The fourth-order valence-electron chi connectivity index (χ4n) is 2.43. The van der Waals surface area contributed by atoms with Crippen LogP contribution in [0, 0.1) is 0 Å². The molecule has 0 aliphatic heterocycles. The van der Waals surface area contributed by atoms with Gasteiger partial charge in [-0.25, -0.2) is 4.98 Å². The van der Waals surface area contributed by atoms with Crippen LogP contribution in [0.15, 0.2) is 42.5 Å². The zero-order valence-corrected chi connectivity index (χ0v) is 11.9. The average Bonchev–Trinajstić information content (AvgIpc) is 3.24. The predicted molar refractivity (Wildman–Crippen MR) is 83.2 cm³/mol. The molecule has 100 valence electrons. The van der Waals surface area contributed by atoms with Gasteiger partial charge in [-0.1, -0.05) is 42.5 Å². The predicted octanol–water partition coefficient (Wildman–Crippen LogP) is 4.18. The standard InChI is InChI=1S/C16H15N3S/c1-2-7-14-11(4-1)5-3-6-13(14)10-17-16-18-15(19-20-16)12-8-9-12/h1-7,12H,8-10H2,(H,17,18,19). The highest BCUT2D eigenvalue weighted by atomic mass is 32.1. The lowest BCUT2D eigenvalue weighted by Crippen LogP contribution is -1.99. The van der Waals surface area contributed by atoms with E-state index in [1.165, 1.54) is 40.7 Å². The SMILES string of the molecule is c1ccc2c(CNc3nc(C4CC4)ns3)cccc2c1. The lowest BCUT2D eigenvalue weighted by Gasteiger charge is -2.06. The average molecular weight is 281 g/mol. The van der Waals surface area contributed by atoms with E-state index in [2.05, 4.69) is 57.1 Å². The van der Waals surface area contributed by atoms with E-state index in [1.54, 1.807) is 0 Å². The number of nitrogens with one attached hydrogen (secondary N) is 1. The number of hydrogen-bond donors (Lipinski definition) is 1. The van der Waals surface area contributed by atoms with Crippen molar-refractivity contribution < 1.29 is 0 Å². The summed E-state index contributed by atoms with van der Waals surface area (Å²) in [6, 6.07) is 14.9. The largest absolute Gasteiger partial charge is 0.356 e. The van der Waals surface area contributed by atoms with Crippen molar-refractivity contribution in [1.82, 2.24) is 9.36 Å². The second kappa shape index (κ2) is 4.87. The molecule has 0 saturated heterocycles. The Labute approximate surface area is 121 Å². The van der Waals surface area contributed by atoms with Crippen LogP contribution in [-0.2, 0) is 6.54 Å². The minimum Gasteiger partial charge on any atom is -0.356 e. The molecule has 1 N–H and O–H groups in total. The summed E-state index contributed by atoms with van der Waals surface area (Å²) in [5.41, 5.74) is 1.30. The molecule has 4 rings (SSSR count). The molecule has 1 fully saturated rings. The van der Waals surface area contributed by atoms with Crippen LogP contribution in [0.25, 0.3) is 10.8 Å². The van der Waals surface area contributed by atoms with E-state index in [9.17, 15) is 0 Å². The first-order valence-electron chi connectivity index (χ1n) is 6.94. The first-order chi connectivity index (χ1) is 9.90. The van der Waals surface area contributed by atoms with Gasteiger partial charge in [0.05, 0.1) is 0 Å². The first kappa shape index (κ1) is 11.9. The van der Waals surface area contributed by atoms with Crippen molar-refractivity contribution >= 4 is 27.4 Å². The highest BCUT2D eigenvalue weighted by Crippen LogP contribution is 2.39. The van der Waals surface area contributed by atoms with Crippen LogP contribution in [0.2, 0.25) is 0 Å². The minimum absolute atomic E-state index is 0.624. The lowest BCUT2D eigenvalue weighted by atomic mass is 10.0. The number of rotatable bonds is 4. The Morgan fingerprint density at radius 3 is 2.85 bits per heavy atom. The molecule has 0 amide bonds. The van der Waals surface area contributed by atoms with Gasteiger partial charge in [0.15, 0.2) is 0 Å². The van der Waals surface area contributed by atoms with Gasteiger partial charge in [0.25, 0.3) is 0 Å². The number of aromatic nitrogens is 2. The van der Waals surface area contributed by atoms with Crippen molar-refractivity contribution in [2.45, 2.75) is 25.3 Å². The molecule has 1 aromatic heterocycles. The van der Waals surface area contributed by atoms with Gasteiger partial charge in [0.2, 0.25) is 5.13 Å². The number of fused-ring (bicyclic) bond motifs is 1. The Morgan fingerprint density at radius 2 is 1.95 bits per heavy atom. The van der Waals surface area contributed by atoms with Crippen molar-refractivity contribution in [3.63, 3.8) is 0 Å². The summed E-state index contributed by atoms with van der Waals surface area (Å²) in [6.07, 6.45) is 2.50. The molecule has 1 saturated carbocycles. The molecule has 0 radical (unpaired) electrons. The highest BCUT2D eigenvalue weighted by Gasteiger charge is 2.27. The van der Waals surface area contributed by atoms with E-state index in [4.69, 9.17) is 0 Å². The molecule has 1 aliphatic carbocycles. The molecular weight excluding hydrogens is 266 g/mol. The van der Waals surface area contributed by atoms with Gasteiger partial charge in [0, 0.05) is 24.0 Å². The monoisotopic (exact) mass is 281 g/mol. The molecule has 0 spiro atoms. The van der Waals surface area contributed by atoms with Crippen LogP contribution in [0.4, 0.5) is 5.13 Å². The van der Waals surface area contributed by atoms with E-state index < -0.39 is 0 Å².